The zero-order valence-corrected chi connectivity index (χ0v) is 20.8. The number of ether oxygens (including phenoxy) is 2. The maximum atomic E-state index is 12.9. The second-order valence-electron chi connectivity index (χ2n) is 9.79. The minimum atomic E-state index is -0.664. The lowest BCUT2D eigenvalue weighted by Gasteiger charge is -2.31. The monoisotopic (exact) mass is 449 g/mol. The van der Waals surface area contributed by atoms with Crippen molar-refractivity contribution in [2.75, 3.05) is 11.4 Å². The molecule has 1 N–H and O–H groups in total. The van der Waals surface area contributed by atoms with E-state index in [1.807, 2.05) is 13.8 Å². The van der Waals surface area contributed by atoms with Crippen LogP contribution in [0.5, 0.6) is 0 Å². The average Bonchev–Trinajstić information content (AvgIpc) is 2.65. The van der Waals surface area contributed by atoms with Gasteiger partial charge in [0.25, 0.3) is 0 Å². The quantitative estimate of drug-likeness (QED) is 0.395. The number of nitrogens with one attached hydrogen (secondary N) is 1. The summed E-state index contributed by atoms with van der Waals surface area (Å²) < 4.78 is 10.8. The molecule has 180 valence electrons. The predicted molar refractivity (Wildman–Crippen MR) is 125 cm³/mol. The Morgan fingerprint density at radius 1 is 1.06 bits per heavy atom. The molecule has 0 aliphatic rings. The van der Waals surface area contributed by atoms with E-state index in [9.17, 15) is 14.4 Å². The van der Waals surface area contributed by atoms with Crippen LogP contribution in [0.15, 0.2) is 18.3 Å². The van der Waals surface area contributed by atoms with E-state index in [1.54, 1.807) is 59.9 Å². The number of unbranched alkanes of at least 4 members (excludes halogenated alkanes) is 1. The van der Waals surface area contributed by atoms with Crippen molar-refractivity contribution >= 4 is 23.8 Å². The van der Waals surface area contributed by atoms with E-state index in [0.29, 0.717) is 37.2 Å². The summed E-state index contributed by atoms with van der Waals surface area (Å²) in [5.41, 5.74) is -0.825. The molecule has 0 saturated heterocycles. The first-order valence-electron chi connectivity index (χ1n) is 11.2. The smallest absolute Gasteiger partial charge is 0.416 e. The molecule has 1 rings (SSSR count). The molecule has 32 heavy (non-hydrogen) atoms. The highest BCUT2D eigenvalue weighted by Gasteiger charge is 2.30. The SMILES string of the molecule is CC[C@@H](C)N(C(=O)OC(C)(C)C)c1ncccc1C(=O)CCCCNC(=O)OC(C)(C)C. The van der Waals surface area contributed by atoms with Crippen LogP contribution in [-0.2, 0) is 9.47 Å². The number of amides is 2. The van der Waals surface area contributed by atoms with Crippen LogP contribution in [0.2, 0.25) is 0 Å². The highest BCUT2D eigenvalue weighted by Crippen LogP contribution is 2.25. The fraction of sp³-hybridized carbons (Fsp3) is 0.667. The fourth-order valence-electron chi connectivity index (χ4n) is 2.83. The van der Waals surface area contributed by atoms with Gasteiger partial charge in [0.05, 0.1) is 5.56 Å². The van der Waals surface area contributed by atoms with Crippen molar-refractivity contribution in [3.63, 3.8) is 0 Å². The first-order chi connectivity index (χ1) is 14.7. The molecule has 0 spiro atoms. The van der Waals surface area contributed by atoms with E-state index < -0.39 is 23.4 Å². The number of anilines is 1. The van der Waals surface area contributed by atoms with Gasteiger partial charge in [-0.15, -0.1) is 0 Å². The number of rotatable bonds is 9. The second-order valence-corrected chi connectivity index (χ2v) is 9.79. The van der Waals surface area contributed by atoms with E-state index in [2.05, 4.69) is 10.3 Å². The number of aromatic nitrogens is 1. The Morgan fingerprint density at radius 3 is 2.25 bits per heavy atom. The number of carbonyl (C=O) groups is 3. The summed E-state index contributed by atoms with van der Waals surface area (Å²) in [6.45, 7) is 15.1. The molecule has 8 heteroatoms. The lowest BCUT2D eigenvalue weighted by Crippen LogP contribution is -2.43. The van der Waals surface area contributed by atoms with E-state index in [-0.39, 0.29) is 18.2 Å². The first kappa shape index (κ1) is 27.4. The Kier molecular flexibility index (Phi) is 10.1. The summed E-state index contributed by atoms with van der Waals surface area (Å²) in [5, 5.41) is 2.69. The Morgan fingerprint density at radius 2 is 1.69 bits per heavy atom. The summed E-state index contributed by atoms with van der Waals surface area (Å²) in [4.78, 5) is 43.3. The Bertz CT molecular complexity index is 781. The van der Waals surface area contributed by atoms with Gasteiger partial charge in [-0.1, -0.05) is 6.92 Å². The molecule has 1 aromatic rings. The highest BCUT2D eigenvalue weighted by atomic mass is 16.6. The summed E-state index contributed by atoms with van der Waals surface area (Å²) in [5.74, 6) is 0.204. The number of hydrogen-bond acceptors (Lipinski definition) is 6. The van der Waals surface area contributed by atoms with Crippen molar-refractivity contribution in [2.24, 2.45) is 0 Å². The normalized spacial score (nSPS) is 12.6. The molecule has 0 bridgehead atoms. The number of Topliss-reactive ketones (excluding diaryl/α,β-unsaturated/α-hetero) is 1. The number of pyridine rings is 1. The van der Waals surface area contributed by atoms with E-state index in [4.69, 9.17) is 9.47 Å². The van der Waals surface area contributed by atoms with Gasteiger partial charge in [-0.3, -0.25) is 9.69 Å². The molecule has 0 saturated carbocycles. The molecule has 1 atom stereocenters. The third kappa shape index (κ3) is 9.66. The zero-order chi connectivity index (χ0) is 24.5. The molecule has 8 nitrogen and oxygen atoms in total. The lowest BCUT2D eigenvalue weighted by molar-refractivity contribution is 0.0524. The van der Waals surface area contributed by atoms with Crippen molar-refractivity contribution in [1.29, 1.82) is 0 Å². The summed E-state index contributed by atoms with van der Waals surface area (Å²) in [6.07, 6.45) is 2.73. The molecule has 1 aromatic heterocycles. The Balaban J connectivity index is 2.82. The van der Waals surface area contributed by atoms with Gasteiger partial charge in [-0.25, -0.2) is 14.6 Å². The van der Waals surface area contributed by atoms with Gasteiger partial charge < -0.3 is 14.8 Å². The number of ketones is 1. The molecule has 0 aliphatic carbocycles. The van der Waals surface area contributed by atoms with Crippen LogP contribution in [0.1, 0.15) is 91.4 Å². The van der Waals surface area contributed by atoms with Gasteiger partial charge in [0.1, 0.15) is 17.0 Å². The van der Waals surface area contributed by atoms with Crippen LogP contribution in [0.25, 0.3) is 0 Å². The van der Waals surface area contributed by atoms with Crippen molar-refractivity contribution < 1.29 is 23.9 Å². The van der Waals surface area contributed by atoms with E-state index in [0.717, 1.165) is 0 Å². The molecular formula is C24H39N3O5. The largest absolute Gasteiger partial charge is 0.444 e. The van der Waals surface area contributed by atoms with Gasteiger partial charge in [0.2, 0.25) is 0 Å². The van der Waals surface area contributed by atoms with Crippen LogP contribution < -0.4 is 10.2 Å². The van der Waals surface area contributed by atoms with Crippen molar-refractivity contribution in [2.45, 2.75) is 98.3 Å². The van der Waals surface area contributed by atoms with Gasteiger partial charge in [-0.05, 0) is 79.9 Å². The van der Waals surface area contributed by atoms with Crippen molar-refractivity contribution in [3.05, 3.63) is 23.9 Å². The molecule has 0 aliphatic heterocycles. The third-order valence-corrected chi connectivity index (χ3v) is 4.44. The fourth-order valence-corrected chi connectivity index (χ4v) is 2.83. The maximum Gasteiger partial charge on any atom is 0.416 e. The minimum absolute atomic E-state index is 0.109. The average molecular weight is 450 g/mol. The summed E-state index contributed by atoms with van der Waals surface area (Å²) >= 11 is 0. The van der Waals surface area contributed by atoms with Crippen molar-refractivity contribution in [1.82, 2.24) is 10.3 Å². The summed E-state index contributed by atoms with van der Waals surface area (Å²) in [7, 11) is 0. The second kappa shape index (κ2) is 11.8. The van der Waals surface area contributed by atoms with Crippen LogP contribution in [0.4, 0.5) is 15.4 Å². The molecular weight excluding hydrogens is 410 g/mol. The van der Waals surface area contributed by atoms with Crippen molar-refractivity contribution in [3.8, 4) is 0 Å². The molecule has 0 aromatic carbocycles. The topological polar surface area (TPSA) is 97.8 Å². The predicted octanol–water partition coefficient (Wildman–Crippen LogP) is 5.50. The van der Waals surface area contributed by atoms with Crippen LogP contribution in [0.3, 0.4) is 0 Å². The number of nitrogens with zero attached hydrogens (tertiary/aromatic N) is 2. The molecule has 0 radical (unpaired) electrons. The highest BCUT2D eigenvalue weighted by molar-refractivity contribution is 6.03. The number of alkyl carbamates (subject to hydrolysis) is 1. The van der Waals surface area contributed by atoms with E-state index >= 15 is 0 Å². The van der Waals surface area contributed by atoms with Crippen LogP contribution in [0, 0.1) is 0 Å². The third-order valence-electron chi connectivity index (χ3n) is 4.44. The maximum absolute atomic E-state index is 12.9. The number of carbonyl (C=O) groups excluding carboxylic acids is 3. The number of hydrogen-bond donors (Lipinski definition) is 1. The zero-order valence-electron chi connectivity index (χ0n) is 20.8. The van der Waals surface area contributed by atoms with Crippen LogP contribution >= 0.6 is 0 Å². The van der Waals surface area contributed by atoms with E-state index in [1.165, 1.54) is 4.90 Å². The first-order valence-corrected chi connectivity index (χ1v) is 11.2. The van der Waals surface area contributed by atoms with Crippen LogP contribution in [-0.4, -0.2) is 46.7 Å². The van der Waals surface area contributed by atoms with Gasteiger partial charge in [-0.2, -0.15) is 0 Å². The van der Waals surface area contributed by atoms with Gasteiger partial charge >= 0.3 is 12.2 Å². The van der Waals surface area contributed by atoms with Gasteiger partial charge in [0.15, 0.2) is 5.78 Å². The molecule has 2 amide bonds. The van der Waals surface area contributed by atoms with Gasteiger partial charge in [0, 0.05) is 25.2 Å². The molecule has 0 unspecified atom stereocenters. The minimum Gasteiger partial charge on any atom is -0.444 e. The Hall–Kier alpha value is -2.64. The molecule has 0 fully saturated rings. The Labute approximate surface area is 192 Å². The standard InChI is InChI=1S/C24H39N3O5/c1-9-17(2)27(22(30)32-24(6,7)8)20-18(13-12-16-25-20)19(28)14-10-11-15-26-21(29)31-23(3,4)5/h12-13,16-17H,9-11,14-15H2,1-8H3,(H,26,29)/t17-/m1/s1. The summed E-state index contributed by atoms with van der Waals surface area (Å²) in [6, 6.07) is 3.18. The lowest BCUT2D eigenvalue weighted by atomic mass is 10.0. The molecule has 1 heterocycles.